The highest BCUT2D eigenvalue weighted by Gasteiger charge is 2.28. The molecule has 1 fully saturated rings. The summed E-state index contributed by atoms with van der Waals surface area (Å²) in [4.78, 5) is 12.5. The summed E-state index contributed by atoms with van der Waals surface area (Å²) in [6, 6.07) is 0. The lowest BCUT2D eigenvalue weighted by Gasteiger charge is -2.38. The van der Waals surface area contributed by atoms with Crippen LogP contribution in [0.25, 0.3) is 0 Å². The molecule has 1 rings (SSSR count). The number of hydrogen-bond acceptors (Lipinski definition) is 3. The number of amides is 1. The van der Waals surface area contributed by atoms with Crippen LogP contribution in [0.15, 0.2) is 0 Å². The fourth-order valence-corrected chi connectivity index (χ4v) is 1.29. The van der Waals surface area contributed by atoms with E-state index in [0.717, 1.165) is 19.6 Å². The van der Waals surface area contributed by atoms with Crippen molar-refractivity contribution in [2.45, 2.75) is 0 Å². The topological polar surface area (TPSA) is 52.6 Å². The Labute approximate surface area is 66.2 Å². The van der Waals surface area contributed by atoms with Gasteiger partial charge in [0.2, 0.25) is 5.91 Å². The molecular formula is C7H14N2O2. The molecule has 0 atom stereocenters. The van der Waals surface area contributed by atoms with Crippen LogP contribution in [-0.4, -0.2) is 49.2 Å². The summed E-state index contributed by atoms with van der Waals surface area (Å²) in [6.07, 6.45) is 0. The van der Waals surface area contributed by atoms with Gasteiger partial charge in [0.1, 0.15) is 6.61 Å². The zero-order valence-corrected chi connectivity index (χ0v) is 6.71. The van der Waals surface area contributed by atoms with Gasteiger partial charge >= 0.3 is 0 Å². The quantitative estimate of drug-likeness (QED) is 0.534. The van der Waals surface area contributed by atoms with E-state index in [0.29, 0.717) is 5.92 Å². The zero-order chi connectivity index (χ0) is 8.27. The van der Waals surface area contributed by atoms with Crippen molar-refractivity contribution in [1.29, 1.82) is 0 Å². The second-order valence-electron chi connectivity index (χ2n) is 2.88. The minimum absolute atomic E-state index is 0.155. The highest BCUT2D eigenvalue weighted by molar-refractivity contribution is 5.77. The molecule has 1 aliphatic heterocycles. The number of aliphatic hydroxyl groups is 1. The molecule has 2 N–H and O–H groups in total. The fourth-order valence-electron chi connectivity index (χ4n) is 1.29. The minimum atomic E-state index is -0.355. The summed E-state index contributed by atoms with van der Waals surface area (Å²) in [5.74, 6) is 0.424. The van der Waals surface area contributed by atoms with Gasteiger partial charge < -0.3 is 15.3 Å². The molecule has 1 heterocycles. The summed E-state index contributed by atoms with van der Waals surface area (Å²) in [5.41, 5.74) is 0. The van der Waals surface area contributed by atoms with Crippen LogP contribution in [0, 0.1) is 5.92 Å². The molecule has 4 heteroatoms. The third kappa shape index (κ3) is 1.91. The van der Waals surface area contributed by atoms with Gasteiger partial charge in [-0.3, -0.25) is 4.79 Å². The number of carbonyl (C=O) groups is 1. The molecule has 4 nitrogen and oxygen atoms in total. The molecule has 0 aromatic rings. The van der Waals surface area contributed by atoms with Crippen LogP contribution in [0.1, 0.15) is 0 Å². The molecule has 0 spiro atoms. The summed E-state index contributed by atoms with van der Waals surface area (Å²) < 4.78 is 0. The number of carbonyl (C=O) groups excluding carboxylic acids is 1. The Balaban J connectivity index is 2.13. The van der Waals surface area contributed by atoms with Crippen molar-refractivity contribution in [1.82, 2.24) is 10.2 Å². The van der Waals surface area contributed by atoms with Gasteiger partial charge in [0, 0.05) is 25.6 Å². The van der Waals surface area contributed by atoms with Crippen molar-refractivity contribution in [3.8, 4) is 0 Å². The molecule has 11 heavy (non-hydrogen) atoms. The van der Waals surface area contributed by atoms with E-state index in [1.165, 1.54) is 0 Å². The Kier molecular flexibility index (Phi) is 2.84. The molecule has 0 aromatic carbocycles. The summed E-state index contributed by atoms with van der Waals surface area (Å²) in [5, 5.41) is 11.5. The molecule has 0 saturated carbocycles. The molecule has 1 aliphatic rings. The van der Waals surface area contributed by atoms with Crippen LogP contribution in [0.5, 0.6) is 0 Å². The second-order valence-corrected chi connectivity index (χ2v) is 2.88. The molecule has 0 aliphatic carbocycles. The maximum atomic E-state index is 10.8. The maximum Gasteiger partial charge on any atom is 0.248 e. The van der Waals surface area contributed by atoms with Crippen molar-refractivity contribution in [3.63, 3.8) is 0 Å². The van der Waals surface area contributed by atoms with Gasteiger partial charge in [0.15, 0.2) is 0 Å². The fraction of sp³-hybridized carbons (Fsp3) is 0.857. The first-order valence-corrected chi connectivity index (χ1v) is 3.81. The van der Waals surface area contributed by atoms with Gasteiger partial charge in [0.05, 0.1) is 0 Å². The third-order valence-electron chi connectivity index (χ3n) is 1.94. The number of nitrogens with zero attached hydrogens (tertiary/aromatic N) is 1. The van der Waals surface area contributed by atoms with Gasteiger partial charge in [-0.25, -0.2) is 0 Å². The monoisotopic (exact) mass is 158 g/mol. The summed E-state index contributed by atoms with van der Waals surface area (Å²) in [6.45, 7) is 2.18. The van der Waals surface area contributed by atoms with Crippen LogP contribution >= 0.6 is 0 Å². The van der Waals surface area contributed by atoms with Crippen LogP contribution in [0.3, 0.4) is 0 Å². The zero-order valence-electron chi connectivity index (χ0n) is 6.71. The SMILES string of the molecule is CNCC1CN(C(=O)CO)C1. The van der Waals surface area contributed by atoms with Gasteiger partial charge in [-0.1, -0.05) is 0 Å². The average molecular weight is 158 g/mol. The van der Waals surface area contributed by atoms with Crippen LogP contribution in [-0.2, 0) is 4.79 Å². The number of aliphatic hydroxyl groups excluding tert-OH is 1. The Morgan fingerprint density at radius 1 is 1.73 bits per heavy atom. The maximum absolute atomic E-state index is 10.8. The van der Waals surface area contributed by atoms with Gasteiger partial charge in [-0.15, -0.1) is 0 Å². The van der Waals surface area contributed by atoms with E-state index in [-0.39, 0.29) is 12.5 Å². The highest BCUT2D eigenvalue weighted by atomic mass is 16.3. The van der Waals surface area contributed by atoms with E-state index in [9.17, 15) is 4.79 Å². The lowest BCUT2D eigenvalue weighted by Crippen LogP contribution is -2.53. The largest absolute Gasteiger partial charge is 0.387 e. The van der Waals surface area contributed by atoms with Crippen LogP contribution < -0.4 is 5.32 Å². The van der Waals surface area contributed by atoms with Gasteiger partial charge in [-0.2, -0.15) is 0 Å². The number of nitrogens with one attached hydrogen (secondary N) is 1. The Hall–Kier alpha value is -0.610. The molecule has 1 saturated heterocycles. The van der Waals surface area contributed by atoms with Crippen molar-refractivity contribution in [3.05, 3.63) is 0 Å². The van der Waals surface area contributed by atoms with Crippen molar-refractivity contribution in [2.24, 2.45) is 5.92 Å². The predicted octanol–water partition coefficient (Wildman–Crippen LogP) is -1.34. The Morgan fingerprint density at radius 2 is 2.36 bits per heavy atom. The second kappa shape index (κ2) is 3.69. The molecule has 1 amide bonds. The molecule has 64 valence electrons. The molecule has 0 unspecified atom stereocenters. The van der Waals surface area contributed by atoms with Crippen molar-refractivity contribution in [2.75, 3.05) is 33.3 Å². The summed E-state index contributed by atoms with van der Waals surface area (Å²) in [7, 11) is 1.90. The van der Waals surface area contributed by atoms with E-state index in [2.05, 4.69) is 5.32 Å². The van der Waals surface area contributed by atoms with E-state index in [1.54, 1.807) is 4.90 Å². The lowest BCUT2D eigenvalue weighted by molar-refractivity contribution is -0.140. The Bertz CT molecular complexity index is 143. The van der Waals surface area contributed by atoms with Gasteiger partial charge in [0.25, 0.3) is 0 Å². The van der Waals surface area contributed by atoms with Crippen molar-refractivity contribution >= 4 is 5.91 Å². The molecule has 0 aromatic heterocycles. The van der Waals surface area contributed by atoms with Crippen molar-refractivity contribution < 1.29 is 9.90 Å². The number of rotatable bonds is 3. The van der Waals surface area contributed by atoms with E-state index in [4.69, 9.17) is 5.11 Å². The first-order chi connectivity index (χ1) is 5.27. The smallest absolute Gasteiger partial charge is 0.248 e. The van der Waals surface area contributed by atoms with Crippen LogP contribution in [0.4, 0.5) is 0 Å². The van der Waals surface area contributed by atoms with E-state index >= 15 is 0 Å². The third-order valence-corrected chi connectivity index (χ3v) is 1.94. The lowest BCUT2D eigenvalue weighted by atomic mass is 10.0. The first kappa shape index (κ1) is 8.49. The van der Waals surface area contributed by atoms with Crippen LogP contribution in [0.2, 0.25) is 0 Å². The summed E-state index contributed by atoms with van der Waals surface area (Å²) >= 11 is 0. The average Bonchev–Trinajstić information content (AvgIpc) is 1.94. The minimum Gasteiger partial charge on any atom is -0.387 e. The molecule has 0 radical (unpaired) electrons. The Morgan fingerprint density at radius 3 is 2.82 bits per heavy atom. The predicted molar refractivity (Wildman–Crippen MR) is 41.1 cm³/mol. The normalized spacial score (nSPS) is 18.2. The van der Waals surface area contributed by atoms with Gasteiger partial charge in [-0.05, 0) is 7.05 Å². The highest BCUT2D eigenvalue weighted by Crippen LogP contribution is 2.13. The molecule has 0 bridgehead atoms. The number of likely N-dealkylation sites (tertiary alicyclic amines) is 1. The van der Waals surface area contributed by atoms with E-state index in [1.807, 2.05) is 7.05 Å². The standard InChI is InChI=1S/C7H14N2O2/c1-8-2-6-3-9(4-6)7(11)5-10/h6,8,10H,2-5H2,1H3. The first-order valence-electron chi connectivity index (χ1n) is 3.81. The molecular weight excluding hydrogens is 144 g/mol. The van der Waals surface area contributed by atoms with E-state index < -0.39 is 0 Å². The number of hydrogen-bond donors (Lipinski definition) is 2.